The first-order chi connectivity index (χ1) is 9.92. The Morgan fingerprint density at radius 2 is 1.90 bits per heavy atom. The molecule has 0 radical (unpaired) electrons. The minimum atomic E-state index is -3.45. The Kier molecular flexibility index (Phi) is 5.24. The van der Waals surface area contributed by atoms with Crippen molar-refractivity contribution in [1.82, 2.24) is 9.62 Å². The van der Waals surface area contributed by atoms with Crippen molar-refractivity contribution in [2.45, 2.75) is 26.7 Å². The predicted octanol–water partition coefficient (Wildman–Crippen LogP) is 1.89. The highest BCUT2D eigenvalue weighted by atomic mass is 32.2. The molecule has 0 amide bonds. The Balaban J connectivity index is 2.04. The van der Waals surface area contributed by atoms with Crippen LogP contribution in [0.4, 0.5) is 5.69 Å². The summed E-state index contributed by atoms with van der Waals surface area (Å²) >= 11 is 0. The maximum Gasteiger partial charge on any atom is 0.301 e. The highest BCUT2D eigenvalue weighted by Crippen LogP contribution is 2.22. The van der Waals surface area contributed by atoms with E-state index >= 15 is 0 Å². The van der Waals surface area contributed by atoms with E-state index in [-0.39, 0.29) is 0 Å². The van der Waals surface area contributed by atoms with Crippen molar-refractivity contribution in [3.05, 3.63) is 29.3 Å². The third-order valence-corrected chi connectivity index (χ3v) is 5.56. The Labute approximate surface area is 127 Å². The van der Waals surface area contributed by atoms with Crippen molar-refractivity contribution in [3.63, 3.8) is 0 Å². The van der Waals surface area contributed by atoms with Crippen molar-refractivity contribution in [3.8, 4) is 0 Å². The first kappa shape index (κ1) is 16.3. The summed E-state index contributed by atoms with van der Waals surface area (Å²) in [5.74, 6) is 0.571. The van der Waals surface area contributed by atoms with Gasteiger partial charge in [0.1, 0.15) is 0 Å². The van der Waals surface area contributed by atoms with Crippen molar-refractivity contribution in [2.75, 3.05) is 31.4 Å². The molecule has 1 aromatic carbocycles. The molecule has 118 valence electrons. The van der Waals surface area contributed by atoms with E-state index in [1.807, 2.05) is 39.1 Å². The molecule has 1 aliphatic rings. The summed E-state index contributed by atoms with van der Waals surface area (Å²) in [6.07, 6.45) is 1.82. The monoisotopic (exact) mass is 311 g/mol. The lowest BCUT2D eigenvalue weighted by molar-refractivity contribution is 0.272. The number of rotatable bonds is 5. The number of aryl methyl sites for hydroxylation is 2. The molecule has 1 heterocycles. The van der Waals surface area contributed by atoms with Gasteiger partial charge in [-0.1, -0.05) is 12.1 Å². The molecular weight excluding hydrogens is 286 g/mol. The number of piperidine rings is 1. The lowest BCUT2D eigenvalue weighted by atomic mass is 9.98. The van der Waals surface area contributed by atoms with Gasteiger partial charge in [-0.15, -0.1) is 0 Å². The summed E-state index contributed by atoms with van der Waals surface area (Å²) in [7, 11) is -1.52. The molecule has 0 bridgehead atoms. The number of anilines is 1. The molecule has 5 nitrogen and oxygen atoms in total. The third-order valence-electron chi connectivity index (χ3n) is 4.04. The molecule has 0 aliphatic carbocycles. The predicted molar refractivity (Wildman–Crippen MR) is 86.7 cm³/mol. The molecule has 1 aliphatic heterocycles. The minimum Gasteiger partial charge on any atom is -0.319 e. The maximum absolute atomic E-state index is 12.5. The molecule has 21 heavy (non-hydrogen) atoms. The van der Waals surface area contributed by atoms with Crippen LogP contribution in [0, 0.1) is 19.8 Å². The van der Waals surface area contributed by atoms with Gasteiger partial charge in [0.15, 0.2) is 0 Å². The number of hydrogen-bond acceptors (Lipinski definition) is 3. The van der Waals surface area contributed by atoms with Crippen LogP contribution in [0.15, 0.2) is 18.2 Å². The molecule has 2 rings (SSSR count). The van der Waals surface area contributed by atoms with E-state index in [1.54, 1.807) is 4.31 Å². The fourth-order valence-electron chi connectivity index (χ4n) is 2.69. The van der Waals surface area contributed by atoms with Crippen LogP contribution in [0.2, 0.25) is 0 Å². The van der Waals surface area contributed by atoms with Crippen molar-refractivity contribution in [2.24, 2.45) is 5.92 Å². The third kappa shape index (κ3) is 4.18. The lowest BCUT2D eigenvalue weighted by Gasteiger charge is -2.31. The average Bonchev–Trinajstić information content (AvgIpc) is 2.44. The second-order valence-corrected chi connectivity index (χ2v) is 7.50. The number of benzene rings is 1. The van der Waals surface area contributed by atoms with E-state index in [0.717, 1.165) is 30.5 Å². The molecular formula is C15H25N3O2S. The highest BCUT2D eigenvalue weighted by molar-refractivity contribution is 7.90. The van der Waals surface area contributed by atoms with Crippen molar-refractivity contribution >= 4 is 15.9 Å². The van der Waals surface area contributed by atoms with Crippen molar-refractivity contribution in [1.29, 1.82) is 0 Å². The Hall–Kier alpha value is -1.11. The van der Waals surface area contributed by atoms with E-state index in [2.05, 4.69) is 10.0 Å². The molecule has 1 aromatic rings. The van der Waals surface area contributed by atoms with Gasteiger partial charge in [-0.2, -0.15) is 12.7 Å². The van der Waals surface area contributed by atoms with E-state index in [0.29, 0.717) is 24.7 Å². The van der Waals surface area contributed by atoms with E-state index in [1.165, 1.54) is 0 Å². The smallest absolute Gasteiger partial charge is 0.301 e. The van der Waals surface area contributed by atoms with Crippen LogP contribution in [0.5, 0.6) is 0 Å². The standard InChI is InChI=1S/C15H25N3O2S/c1-12-4-5-13(2)15(10-12)17-21(19,20)18-8-6-14(7-9-18)11-16-3/h4-5,10,14,16-17H,6-9,11H2,1-3H3. The van der Waals surface area contributed by atoms with Crippen LogP contribution in [0.1, 0.15) is 24.0 Å². The zero-order valence-corrected chi connectivity index (χ0v) is 13.8. The number of nitrogens with one attached hydrogen (secondary N) is 2. The van der Waals surface area contributed by atoms with Crippen LogP contribution in [-0.4, -0.2) is 39.4 Å². The molecule has 0 spiro atoms. The highest BCUT2D eigenvalue weighted by Gasteiger charge is 2.27. The molecule has 0 saturated carbocycles. The normalized spacial score (nSPS) is 17.9. The van der Waals surface area contributed by atoms with Crippen LogP contribution in [-0.2, 0) is 10.2 Å². The molecule has 6 heteroatoms. The zero-order valence-electron chi connectivity index (χ0n) is 13.0. The SMILES string of the molecule is CNCC1CCN(S(=O)(=O)Nc2cc(C)ccc2C)CC1. The van der Waals surface area contributed by atoms with Crippen LogP contribution in [0.25, 0.3) is 0 Å². The maximum atomic E-state index is 12.5. The average molecular weight is 311 g/mol. The quantitative estimate of drug-likeness (QED) is 0.873. The van der Waals surface area contributed by atoms with Crippen LogP contribution < -0.4 is 10.0 Å². The summed E-state index contributed by atoms with van der Waals surface area (Å²) < 4.78 is 29.2. The van der Waals surface area contributed by atoms with Gasteiger partial charge < -0.3 is 5.32 Å². The van der Waals surface area contributed by atoms with E-state index < -0.39 is 10.2 Å². The first-order valence-corrected chi connectivity index (χ1v) is 8.86. The van der Waals surface area contributed by atoms with Gasteiger partial charge in [-0.3, -0.25) is 4.72 Å². The molecule has 1 saturated heterocycles. The van der Waals surface area contributed by atoms with Crippen LogP contribution in [0.3, 0.4) is 0 Å². The Morgan fingerprint density at radius 1 is 1.24 bits per heavy atom. The lowest BCUT2D eigenvalue weighted by Crippen LogP contribution is -2.43. The van der Waals surface area contributed by atoms with Gasteiger partial charge in [0.2, 0.25) is 0 Å². The van der Waals surface area contributed by atoms with Gasteiger partial charge in [0.25, 0.3) is 0 Å². The second kappa shape index (κ2) is 6.77. The largest absolute Gasteiger partial charge is 0.319 e. The summed E-state index contributed by atoms with van der Waals surface area (Å²) in [6, 6.07) is 5.79. The van der Waals surface area contributed by atoms with Gasteiger partial charge in [0.05, 0.1) is 5.69 Å². The van der Waals surface area contributed by atoms with Crippen LogP contribution >= 0.6 is 0 Å². The van der Waals surface area contributed by atoms with Gasteiger partial charge in [0, 0.05) is 13.1 Å². The minimum absolute atomic E-state index is 0.571. The second-order valence-electron chi connectivity index (χ2n) is 5.83. The number of nitrogens with zero attached hydrogens (tertiary/aromatic N) is 1. The molecule has 0 unspecified atom stereocenters. The molecule has 2 N–H and O–H groups in total. The topological polar surface area (TPSA) is 61.4 Å². The summed E-state index contributed by atoms with van der Waals surface area (Å²) in [5.41, 5.74) is 2.66. The first-order valence-electron chi connectivity index (χ1n) is 7.42. The van der Waals surface area contributed by atoms with Gasteiger partial charge in [-0.25, -0.2) is 0 Å². The summed E-state index contributed by atoms with van der Waals surface area (Å²) in [5, 5.41) is 3.16. The molecule has 1 fully saturated rings. The van der Waals surface area contributed by atoms with Gasteiger partial charge in [-0.05, 0) is 63.4 Å². The zero-order chi connectivity index (χ0) is 15.5. The molecule has 0 aromatic heterocycles. The fourth-order valence-corrected chi connectivity index (χ4v) is 4.01. The van der Waals surface area contributed by atoms with E-state index in [9.17, 15) is 8.42 Å². The van der Waals surface area contributed by atoms with Crippen molar-refractivity contribution < 1.29 is 8.42 Å². The molecule has 0 atom stereocenters. The van der Waals surface area contributed by atoms with Gasteiger partial charge >= 0.3 is 10.2 Å². The fraction of sp³-hybridized carbons (Fsp3) is 0.600. The summed E-state index contributed by atoms with van der Waals surface area (Å²) in [6.45, 7) is 6.01. The summed E-state index contributed by atoms with van der Waals surface area (Å²) in [4.78, 5) is 0. The Bertz CT molecular complexity index is 579. The Morgan fingerprint density at radius 3 is 2.52 bits per heavy atom. The number of hydrogen-bond donors (Lipinski definition) is 2. The van der Waals surface area contributed by atoms with E-state index in [4.69, 9.17) is 0 Å².